The van der Waals surface area contributed by atoms with Crippen LogP contribution in [0.15, 0.2) is 24.3 Å². The Morgan fingerprint density at radius 1 is 1.44 bits per heavy atom. The van der Waals surface area contributed by atoms with Gasteiger partial charge < -0.3 is 15.4 Å². The van der Waals surface area contributed by atoms with Gasteiger partial charge in [0, 0.05) is 12.5 Å². The van der Waals surface area contributed by atoms with Crippen molar-refractivity contribution in [1.29, 1.82) is 0 Å². The van der Waals surface area contributed by atoms with Crippen molar-refractivity contribution in [2.75, 3.05) is 33.8 Å². The van der Waals surface area contributed by atoms with E-state index in [1.54, 1.807) is 7.11 Å². The van der Waals surface area contributed by atoms with Crippen LogP contribution in [0, 0.1) is 5.92 Å². The Labute approximate surface area is 110 Å². The fraction of sp³-hybridized carbons (Fsp3) is 0.600. The molecule has 1 aliphatic rings. The zero-order valence-corrected chi connectivity index (χ0v) is 11.4. The van der Waals surface area contributed by atoms with Crippen molar-refractivity contribution in [3.8, 4) is 5.75 Å². The lowest BCUT2D eigenvalue weighted by Gasteiger charge is -2.31. The molecule has 18 heavy (non-hydrogen) atoms. The third-order valence-corrected chi connectivity index (χ3v) is 3.87. The molecule has 3 heteroatoms. The minimum absolute atomic E-state index is 0.527. The van der Waals surface area contributed by atoms with Crippen molar-refractivity contribution in [3.05, 3.63) is 29.8 Å². The first-order valence-electron chi connectivity index (χ1n) is 6.85. The summed E-state index contributed by atoms with van der Waals surface area (Å²) in [4.78, 5) is 0. The molecule has 1 fully saturated rings. The van der Waals surface area contributed by atoms with Gasteiger partial charge in [-0.3, -0.25) is 0 Å². The predicted octanol–water partition coefficient (Wildman–Crippen LogP) is 2.00. The van der Waals surface area contributed by atoms with Gasteiger partial charge in [0.25, 0.3) is 0 Å². The molecule has 1 aromatic carbocycles. The van der Waals surface area contributed by atoms with Gasteiger partial charge in [-0.05, 0) is 50.5 Å². The summed E-state index contributed by atoms with van der Waals surface area (Å²) in [5.41, 5.74) is 1.34. The van der Waals surface area contributed by atoms with Gasteiger partial charge in [0.1, 0.15) is 5.75 Å². The van der Waals surface area contributed by atoms with Gasteiger partial charge in [0.15, 0.2) is 0 Å². The number of hydrogen-bond donors (Lipinski definition) is 2. The fourth-order valence-electron chi connectivity index (χ4n) is 2.95. The van der Waals surface area contributed by atoms with Crippen molar-refractivity contribution in [2.24, 2.45) is 5.92 Å². The van der Waals surface area contributed by atoms with Crippen LogP contribution in [0.4, 0.5) is 0 Å². The molecule has 1 heterocycles. The van der Waals surface area contributed by atoms with Crippen LogP contribution in [0.3, 0.4) is 0 Å². The molecule has 0 amide bonds. The summed E-state index contributed by atoms with van der Waals surface area (Å²) in [6, 6.07) is 8.42. The van der Waals surface area contributed by atoms with E-state index in [-0.39, 0.29) is 0 Å². The molecule has 1 aromatic rings. The normalized spacial score (nSPS) is 21.6. The van der Waals surface area contributed by atoms with Crippen molar-refractivity contribution in [3.63, 3.8) is 0 Å². The number of piperidine rings is 1. The summed E-state index contributed by atoms with van der Waals surface area (Å²) in [5.74, 6) is 2.24. The van der Waals surface area contributed by atoms with Crippen molar-refractivity contribution >= 4 is 0 Å². The summed E-state index contributed by atoms with van der Waals surface area (Å²) in [6.45, 7) is 3.28. The molecule has 0 aromatic heterocycles. The minimum Gasteiger partial charge on any atom is -0.496 e. The Kier molecular flexibility index (Phi) is 5.02. The second kappa shape index (κ2) is 6.76. The van der Waals surface area contributed by atoms with Crippen LogP contribution >= 0.6 is 0 Å². The highest BCUT2D eigenvalue weighted by atomic mass is 16.5. The van der Waals surface area contributed by atoms with E-state index < -0.39 is 0 Å². The number of hydrogen-bond acceptors (Lipinski definition) is 3. The standard InChI is InChI=1S/C15H24N2O/c1-16-11-14(12-6-5-9-17-10-12)13-7-3-4-8-15(13)18-2/h3-4,7-8,12,14,16-17H,5-6,9-11H2,1-2H3. The number of ether oxygens (including phenoxy) is 1. The van der Waals surface area contributed by atoms with E-state index in [1.165, 1.54) is 18.4 Å². The van der Waals surface area contributed by atoms with Crippen LogP contribution in [-0.2, 0) is 0 Å². The predicted molar refractivity (Wildman–Crippen MR) is 75.3 cm³/mol. The summed E-state index contributed by atoms with van der Waals surface area (Å²) in [5, 5.41) is 6.84. The van der Waals surface area contributed by atoms with E-state index in [2.05, 4.69) is 28.8 Å². The lowest BCUT2D eigenvalue weighted by Crippen LogP contribution is -2.36. The number of methoxy groups -OCH3 is 1. The lowest BCUT2D eigenvalue weighted by atomic mass is 9.81. The van der Waals surface area contributed by atoms with E-state index in [9.17, 15) is 0 Å². The molecule has 2 atom stereocenters. The molecule has 2 rings (SSSR count). The number of likely N-dealkylation sites (N-methyl/N-ethyl adjacent to an activating group) is 1. The number of nitrogens with one attached hydrogen (secondary N) is 2. The quantitative estimate of drug-likeness (QED) is 0.836. The molecule has 0 bridgehead atoms. The topological polar surface area (TPSA) is 33.3 Å². The molecule has 1 saturated heterocycles. The number of para-hydroxylation sites is 1. The Morgan fingerprint density at radius 3 is 2.94 bits per heavy atom. The first kappa shape index (κ1) is 13.4. The van der Waals surface area contributed by atoms with E-state index >= 15 is 0 Å². The SMILES string of the molecule is CNCC(c1ccccc1OC)C1CCCNC1. The van der Waals surface area contributed by atoms with Gasteiger partial charge in [0.05, 0.1) is 7.11 Å². The third-order valence-electron chi connectivity index (χ3n) is 3.87. The van der Waals surface area contributed by atoms with Gasteiger partial charge in [0.2, 0.25) is 0 Å². The van der Waals surface area contributed by atoms with Crippen LogP contribution in [-0.4, -0.2) is 33.8 Å². The van der Waals surface area contributed by atoms with E-state index in [1.807, 2.05) is 13.1 Å². The summed E-state index contributed by atoms with van der Waals surface area (Å²) >= 11 is 0. The van der Waals surface area contributed by atoms with E-state index in [0.717, 1.165) is 25.4 Å². The molecule has 100 valence electrons. The molecule has 0 saturated carbocycles. The molecule has 0 aliphatic carbocycles. The Bertz CT molecular complexity index is 361. The van der Waals surface area contributed by atoms with Crippen LogP contribution in [0.25, 0.3) is 0 Å². The zero-order valence-electron chi connectivity index (χ0n) is 11.4. The van der Waals surface area contributed by atoms with Gasteiger partial charge >= 0.3 is 0 Å². The molecule has 2 unspecified atom stereocenters. The highest BCUT2D eigenvalue weighted by Crippen LogP contribution is 2.34. The largest absolute Gasteiger partial charge is 0.496 e. The lowest BCUT2D eigenvalue weighted by molar-refractivity contribution is 0.309. The molecular weight excluding hydrogens is 224 g/mol. The maximum absolute atomic E-state index is 5.52. The first-order valence-corrected chi connectivity index (χ1v) is 6.85. The summed E-state index contributed by atoms with van der Waals surface area (Å²) in [6.07, 6.45) is 2.58. The summed E-state index contributed by atoms with van der Waals surface area (Å²) in [7, 11) is 3.78. The maximum Gasteiger partial charge on any atom is 0.122 e. The smallest absolute Gasteiger partial charge is 0.122 e. The maximum atomic E-state index is 5.52. The summed E-state index contributed by atoms with van der Waals surface area (Å²) < 4.78 is 5.52. The highest BCUT2D eigenvalue weighted by molar-refractivity contribution is 5.37. The van der Waals surface area contributed by atoms with Gasteiger partial charge in [-0.1, -0.05) is 18.2 Å². The molecule has 3 nitrogen and oxygen atoms in total. The Balaban J connectivity index is 2.22. The Morgan fingerprint density at radius 2 is 2.28 bits per heavy atom. The highest BCUT2D eigenvalue weighted by Gasteiger charge is 2.26. The van der Waals surface area contributed by atoms with Gasteiger partial charge in [-0.25, -0.2) is 0 Å². The fourth-order valence-corrected chi connectivity index (χ4v) is 2.95. The van der Waals surface area contributed by atoms with Crippen molar-refractivity contribution in [1.82, 2.24) is 10.6 Å². The first-order chi connectivity index (χ1) is 8.86. The third kappa shape index (κ3) is 3.03. The number of benzene rings is 1. The second-order valence-electron chi connectivity index (χ2n) is 5.01. The molecule has 1 aliphatic heterocycles. The molecule has 0 spiro atoms. The van der Waals surface area contributed by atoms with Crippen molar-refractivity contribution in [2.45, 2.75) is 18.8 Å². The number of rotatable bonds is 5. The Hall–Kier alpha value is -1.06. The van der Waals surface area contributed by atoms with E-state index in [0.29, 0.717) is 11.8 Å². The monoisotopic (exact) mass is 248 g/mol. The van der Waals surface area contributed by atoms with Crippen LogP contribution in [0.2, 0.25) is 0 Å². The molecular formula is C15H24N2O. The van der Waals surface area contributed by atoms with Gasteiger partial charge in [-0.15, -0.1) is 0 Å². The minimum atomic E-state index is 0.527. The molecule has 0 radical (unpaired) electrons. The zero-order chi connectivity index (χ0) is 12.8. The van der Waals surface area contributed by atoms with Crippen LogP contribution < -0.4 is 15.4 Å². The van der Waals surface area contributed by atoms with E-state index in [4.69, 9.17) is 4.74 Å². The second-order valence-corrected chi connectivity index (χ2v) is 5.01. The van der Waals surface area contributed by atoms with Crippen LogP contribution in [0.5, 0.6) is 5.75 Å². The molecule has 2 N–H and O–H groups in total. The average Bonchev–Trinajstić information content (AvgIpc) is 2.46. The van der Waals surface area contributed by atoms with Gasteiger partial charge in [-0.2, -0.15) is 0 Å². The average molecular weight is 248 g/mol. The van der Waals surface area contributed by atoms with Crippen LogP contribution in [0.1, 0.15) is 24.3 Å². The van der Waals surface area contributed by atoms with Crippen molar-refractivity contribution < 1.29 is 4.74 Å².